The number of hydrogen-bond donors (Lipinski definition) is 1. The van der Waals surface area contributed by atoms with Crippen molar-refractivity contribution in [1.82, 2.24) is 9.80 Å². The smallest absolute Gasteiger partial charge is 0.295 e. The Bertz CT molecular complexity index is 979. The first-order chi connectivity index (χ1) is 14.7. The van der Waals surface area contributed by atoms with Crippen molar-refractivity contribution in [3.63, 3.8) is 0 Å². The zero-order valence-electron chi connectivity index (χ0n) is 18.7. The third-order valence-corrected chi connectivity index (χ3v) is 6.09. The molecule has 1 aliphatic heterocycles. The minimum absolute atomic E-state index is 0.0319. The number of benzene rings is 1. The molecule has 0 spiro atoms. The van der Waals surface area contributed by atoms with Crippen LogP contribution in [0.3, 0.4) is 0 Å². The van der Waals surface area contributed by atoms with Crippen LogP contribution in [0.5, 0.6) is 5.75 Å². The Kier molecular flexibility index (Phi) is 7.18. The number of likely N-dealkylation sites (tertiary alicyclic amines) is 1. The summed E-state index contributed by atoms with van der Waals surface area (Å²) < 4.78 is 5.77. The van der Waals surface area contributed by atoms with Gasteiger partial charge in [0.05, 0.1) is 17.7 Å². The number of aryl methyl sites for hydroxylation is 1. The summed E-state index contributed by atoms with van der Waals surface area (Å²) in [4.78, 5) is 30.4. The first-order valence-corrected chi connectivity index (χ1v) is 11.3. The molecule has 1 amide bonds. The molecule has 0 radical (unpaired) electrons. The topological polar surface area (TPSA) is 70.1 Å². The lowest BCUT2D eigenvalue weighted by molar-refractivity contribution is -0.139. The zero-order valence-corrected chi connectivity index (χ0v) is 19.5. The van der Waals surface area contributed by atoms with E-state index in [-0.39, 0.29) is 17.4 Å². The Balaban J connectivity index is 2.02. The number of thiophene rings is 1. The van der Waals surface area contributed by atoms with Gasteiger partial charge in [-0.1, -0.05) is 6.07 Å². The zero-order chi connectivity index (χ0) is 22.7. The Hall–Kier alpha value is -2.64. The van der Waals surface area contributed by atoms with Gasteiger partial charge in [-0.15, -0.1) is 11.3 Å². The Morgan fingerprint density at radius 1 is 1.26 bits per heavy atom. The second kappa shape index (κ2) is 9.66. The lowest BCUT2D eigenvalue weighted by Crippen LogP contribution is -2.32. The van der Waals surface area contributed by atoms with E-state index >= 15 is 0 Å². The van der Waals surface area contributed by atoms with E-state index in [9.17, 15) is 14.7 Å². The highest BCUT2D eigenvalue weighted by Gasteiger charge is 2.46. The number of hydrogen-bond acceptors (Lipinski definition) is 6. The maximum atomic E-state index is 13.0. The van der Waals surface area contributed by atoms with Crippen molar-refractivity contribution < 1.29 is 19.4 Å². The van der Waals surface area contributed by atoms with E-state index in [1.165, 1.54) is 11.3 Å². The summed E-state index contributed by atoms with van der Waals surface area (Å²) in [5, 5.41) is 13.1. The number of amides is 1. The number of carbonyl (C=O) groups is 2. The minimum Gasteiger partial charge on any atom is -0.507 e. The largest absolute Gasteiger partial charge is 0.507 e. The summed E-state index contributed by atoms with van der Waals surface area (Å²) in [6.07, 6.45) is 0.770. The summed E-state index contributed by atoms with van der Waals surface area (Å²) in [5.41, 5.74) is 1.50. The molecule has 2 heterocycles. The van der Waals surface area contributed by atoms with E-state index in [2.05, 4.69) is 0 Å². The molecule has 6 nitrogen and oxygen atoms in total. The highest BCUT2D eigenvalue weighted by molar-refractivity contribution is 7.10. The van der Waals surface area contributed by atoms with Crippen molar-refractivity contribution in [2.24, 2.45) is 0 Å². The van der Waals surface area contributed by atoms with E-state index < -0.39 is 17.7 Å². The second-order valence-electron chi connectivity index (χ2n) is 8.31. The molecule has 1 aliphatic rings. The SMILES string of the molecule is Cc1cc(C(O)=C2C(=O)C(=O)N(CCCN(C)C)[C@@H]2c2cccs2)ccc1OC(C)C. The van der Waals surface area contributed by atoms with Crippen LogP contribution >= 0.6 is 11.3 Å². The molecular weight excluding hydrogens is 412 g/mol. The molecule has 31 heavy (non-hydrogen) atoms. The summed E-state index contributed by atoms with van der Waals surface area (Å²) in [6.45, 7) is 7.04. The summed E-state index contributed by atoms with van der Waals surface area (Å²) in [6, 6.07) is 8.52. The van der Waals surface area contributed by atoms with Gasteiger partial charge in [0.2, 0.25) is 0 Å². The van der Waals surface area contributed by atoms with E-state index in [4.69, 9.17) is 4.74 Å². The summed E-state index contributed by atoms with van der Waals surface area (Å²) in [7, 11) is 3.94. The maximum Gasteiger partial charge on any atom is 0.295 e. The van der Waals surface area contributed by atoms with E-state index in [1.54, 1.807) is 23.1 Å². The monoisotopic (exact) mass is 442 g/mol. The van der Waals surface area contributed by atoms with Crippen LogP contribution < -0.4 is 4.74 Å². The van der Waals surface area contributed by atoms with Gasteiger partial charge in [0.15, 0.2) is 0 Å². The fraction of sp³-hybridized carbons (Fsp3) is 0.417. The van der Waals surface area contributed by atoms with Crippen molar-refractivity contribution >= 4 is 28.8 Å². The number of nitrogens with zero attached hydrogens (tertiary/aromatic N) is 2. The van der Waals surface area contributed by atoms with E-state index in [1.807, 2.05) is 57.3 Å². The molecule has 1 atom stereocenters. The van der Waals surface area contributed by atoms with Gasteiger partial charge in [0.25, 0.3) is 11.7 Å². The van der Waals surface area contributed by atoms with Gasteiger partial charge in [-0.25, -0.2) is 0 Å². The standard InChI is InChI=1S/C24H30N2O4S/c1-15(2)30-18-10-9-17(14-16(18)3)22(27)20-21(19-8-6-13-31-19)26(24(29)23(20)28)12-7-11-25(4)5/h6,8-10,13-15,21,27H,7,11-12H2,1-5H3/t21-/m1/s1. The van der Waals surface area contributed by atoms with Gasteiger partial charge in [-0.2, -0.15) is 0 Å². The highest BCUT2D eigenvalue weighted by Crippen LogP contribution is 2.41. The quantitative estimate of drug-likeness (QED) is 0.377. The van der Waals surface area contributed by atoms with Gasteiger partial charge in [-0.3, -0.25) is 9.59 Å². The molecule has 0 aliphatic carbocycles. The van der Waals surface area contributed by atoms with Crippen molar-refractivity contribution in [1.29, 1.82) is 0 Å². The lowest BCUT2D eigenvalue weighted by atomic mass is 9.98. The molecule has 2 aromatic rings. The number of ether oxygens (including phenoxy) is 1. The maximum absolute atomic E-state index is 13.0. The molecule has 1 aromatic heterocycles. The van der Waals surface area contributed by atoms with Crippen LogP contribution in [0, 0.1) is 6.92 Å². The van der Waals surface area contributed by atoms with Crippen LogP contribution in [0.2, 0.25) is 0 Å². The third kappa shape index (κ3) is 4.99. The van der Waals surface area contributed by atoms with Gasteiger partial charge in [-0.05, 0) is 83.0 Å². The molecule has 166 valence electrons. The first kappa shape index (κ1) is 23.0. The normalized spacial score (nSPS) is 18.4. The molecular formula is C24H30N2O4S. The predicted molar refractivity (Wildman–Crippen MR) is 123 cm³/mol. The Labute approximate surface area is 187 Å². The third-order valence-electron chi connectivity index (χ3n) is 5.17. The minimum atomic E-state index is -0.638. The van der Waals surface area contributed by atoms with Crippen LogP contribution in [0.15, 0.2) is 41.3 Å². The predicted octanol–water partition coefficient (Wildman–Crippen LogP) is 4.22. The molecule has 3 rings (SSSR count). The number of rotatable bonds is 8. The first-order valence-electron chi connectivity index (χ1n) is 10.4. The van der Waals surface area contributed by atoms with Crippen LogP contribution in [0.4, 0.5) is 0 Å². The molecule has 1 fully saturated rings. The average Bonchev–Trinajstić information content (AvgIpc) is 3.31. The molecule has 1 N–H and O–H groups in total. The lowest BCUT2D eigenvalue weighted by Gasteiger charge is -2.24. The molecule has 0 saturated carbocycles. The van der Waals surface area contributed by atoms with Crippen molar-refractivity contribution in [3.8, 4) is 5.75 Å². The number of aliphatic hydroxyl groups is 1. The Morgan fingerprint density at radius 2 is 2.00 bits per heavy atom. The van der Waals surface area contributed by atoms with Gasteiger partial charge in [0, 0.05) is 17.0 Å². The number of aliphatic hydroxyl groups excluding tert-OH is 1. The van der Waals surface area contributed by atoms with Crippen LogP contribution in [-0.2, 0) is 9.59 Å². The van der Waals surface area contributed by atoms with Crippen LogP contribution in [0.1, 0.15) is 42.3 Å². The molecule has 1 saturated heterocycles. The molecule has 0 bridgehead atoms. The number of ketones is 1. The van der Waals surface area contributed by atoms with Crippen LogP contribution in [-0.4, -0.2) is 59.9 Å². The van der Waals surface area contributed by atoms with E-state index in [0.29, 0.717) is 12.1 Å². The highest BCUT2D eigenvalue weighted by atomic mass is 32.1. The summed E-state index contributed by atoms with van der Waals surface area (Å²) in [5.74, 6) is -0.618. The molecule has 7 heteroatoms. The van der Waals surface area contributed by atoms with Gasteiger partial charge in [0.1, 0.15) is 11.5 Å². The van der Waals surface area contributed by atoms with Crippen molar-refractivity contribution in [3.05, 3.63) is 57.3 Å². The Morgan fingerprint density at radius 3 is 2.58 bits per heavy atom. The van der Waals surface area contributed by atoms with Crippen LogP contribution in [0.25, 0.3) is 5.76 Å². The second-order valence-corrected chi connectivity index (χ2v) is 9.29. The summed E-state index contributed by atoms with van der Waals surface area (Å²) >= 11 is 1.47. The van der Waals surface area contributed by atoms with Crippen molar-refractivity contribution in [2.45, 2.75) is 39.3 Å². The average molecular weight is 443 g/mol. The number of Topliss-reactive ketones (excluding diaryl/α,β-unsaturated/α-hetero) is 1. The molecule has 0 unspecified atom stereocenters. The molecule has 1 aromatic carbocycles. The van der Waals surface area contributed by atoms with Crippen molar-refractivity contribution in [2.75, 3.05) is 27.2 Å². The fourth-order valence-corrected chi connectivity index (χ4v) is 4.59. The number of carbonyl (C=O) groups excluding carboxylic acids is 2. The van der Waals surface area contributed by atoms with Gasteiger partial charge >= 0.3 is 0 Å². The van der Waals surface area contributed by atoms with E-state index in [0.717, 1.165) is 29.2 Å². The van der Waals surface area contributed by atoms with Gasteiger partial charge < -0.3 is 19.6 Å². The fourth-order valence-electron chi connectivity index (χ4n) is 3.75.